The second-order valence-electron chi connectivity index (χ2n) is 2.97. The van der Waals surface area contributed by atoms with Crippen LogP contribution in [-0.2, 0) is 14.3 Å². The summed E-state index contributed by atoms with van der Waals surface area (Å²) in [5.74, 6) is 0.259. The monoisotopic (exact) mass is 206 g/mol. The fourth-order valence-electron chi connectivity index (χ4n) is 0.886. The van der Waals surface area contributed by atoms with E-state index in [0.29, 0.717) is 18.8 Å². The third kappa shape index (κ3) is 5.93. The zero-order chi connectivity index (χ0) is 10.3. The van der Waals surface area contributed by atoms with E-state index in [-0.39, 0.29) is 12.1 Å². The summed E-state index contributed by atoms with van der Waals surface area (Å²) in [4.78, 5) is 11.3. The van der Waals surface area contributed by atoms with Crippen LogP contribution in [0.25, 0.3) is 0 Å². The van der Waals surface area contributed by atoms with Crippen molar-refractivity contribution < 1.29 is 14.3 Å². The number of carbonyl (C=O) groups excluding carboxylic acids is 1. The first kappa shape index (κ1) is 12.8. The average molecular weight is 206 g/mol. The highest BCUT2D eigenvalue weighted by Crippen LogP contribution is 2.04. The molecule has 0 bridgehead atoms. The fourth-order valence-corrected chi connectivity index (χ4v) is 0.977. The zero-order valence-corrected chi connectivity index (χ0v) is 9.34. The summed E-state index contributed by atoms with van der Waals surface area (Å²) in [7, 11) is 0. The van der Waals surface area contributed by atoms with Gasteiger partial charge in [0.2, 0.25) is 0 Å². The van der Waals surface area contributed by atoms with Gasteiger partial charge >= 0.3 is 5.97 Å². The Morgan fingerprint density at radius 3 is 2.46 bits per heavy atom. The highest BCUT2D eigenvalue weighted by molar-refractivity contribution is 7.80. The maximum Gasteiger partial charge on any atom is 0.335 e. The van der Waals surface area contributed by atoms with E-state index < -0.39 is 6.10 Å². The molecule has 0 N–H and O–H groups in total. The van der Waals surface area contributed by atoms with Crippen LogP contribution in [0, 0.1) is 0 Å². The van der Waals surface area contributed by atoms with E-state index >= 15 is 0 Å². The summed E-state index contributed by atoms with van der Waals surface area (Å²) in [6.07, 6.45) is 0.261. The van der Waals surface area contributed by atoms with Gasteiger partial charge in [0.25, 0.3) is 0 Å². The topological polar surface area (TPSA) is 35.5 Å². The number of rotatable bonds is 6. The zero-order valence-electron chi connectivity index (χ0n) is 8.45. The molecule has 0 amide bonds. The van der Waals surface area contributed by atoms with E-state index in [1.54, 1.807) is 0 Å². The molecule has 13 heavy (non-hydrogen) atoms. The molecule has 0 aliphatic carbocycles. The van der Waals surface area contributed by atoms with Crippen molar-refractivity contribution in [2.24, 2.45) is 0 Å². The molecular formula is C9H18O3S. The van der Waals surface area contributed by atoms with Crippen molar-refractivity contribution in [2.75, 3.05) is 12.4 Å². The maximum atomic E-state index is 11.3. The number of thiol groups is 1. The molecule has 3 nitrogen and oxygen atoms in total. The Morgan fingerprint density at radius 2 is 2.08 bits per heavy atom. The molecule has 0 rings (SSSR count). The number of hydrogen-bond donors (Lipinski definition) is 1. The van der Waals surface area contributed by atoms with Crippen LogP contribution < -0.4 is 0 Å². The summed E-state index contributed by atoms with van der Waals surface area (Å²) in [5, 5.41) is 0. The van der Waals surface area contributed by atoms with Crippen LogP contribution in [0.3, 0.4) is 0 Å². The van der Waals surface area contributed by atoms with E-state index in [0.717, 1.165) is 0 Å². The minimum atomic E-state index is -0.431. The number of esters is 1. The molecule has 78 valence electrons. The van der Waals surface area contributed by atoms with E-state index in [1.165, 1.54) is 0 Å². The van der Waals surface area contributed by atoms with Gasteiger partial charge in [-0.25, -0.2) is 4.79 Å². The largest absolute Gasteiger partial charge is 0.463 e. The molecule has 0 fully saturated rings. The van der Waals surface area contributed by atoms with Gasteiger partial charge in [0.15, 0.2) is 6.10 Å². The molecule has 0 heterocycles. The number of hydrogen-bond acceptors (Lipinski definition) is 4. The van der Waals surface area contributed by atoms with Crippen LogP contribution in [0.1, 0.15) is 27.2 Å². The molecule has 0 aliphatic heterocycles. The van der Waals surface area contributed by atoms with Crippen molar-refractivity contribution >= 4 is 18.6 Å². The van der Waals surface area contributed by atoms with E-state index in [4.69, 9.17) is 9.47 Å². The van der Waals surface area contributed by atoms with Gasteiger partial charge in [-0.05, 0) is 20.3 Å². The van der Waals surface area contributed by atoms with Gasteiger partial charge < -0.3 is 9.47 Å². The van der Waals surface area contributed by atoms with Gasteiger partial charge in [0, 0.05) is 5.75 Å². The van der Waals surface area contributed by atoms with Gasteiger partial charge in [-0.1, -0.05) is 6.92 Å². The first-order chi connectivity index (χ1) is 6.11. The molecule has 0 aromatic carbocycles. The van der Waals surface area contributed by atoms with Crippen LogP contribution in [0.4, 0.5) is 0 Å². The predicted molar refractivity (Wildman–Crippen MR) is 55.1 cm³/mol. The molecule has 0 aliphatic rings. The molecule has 4 heteroatoms. The summed E-state index contributed by atoms with van der Waals surface area (Å²) < 4.78 is 10.3. The SMILES string of the molecule is CCC(OC(C)C)C(=O)OCCS. The van der Waals surface area contributed by atoms with Gasteiger partial charge in [0.05, 0.1) is 6.10 Å². The van der Waals surface area contributed by atoms with Gasteiger partial charge in [-0.15, -0.1) is 0 Å². The lowest BCUT2D eigenvalue weighted by Crippen LogP contribution is -2.29. The third-order valence-corrected chi connectivity index (χ3v) is 1.59. The van der Waals surface area contributed by atoms with Crippen molar-refractivity contribution in [1.82, 2.24) is 0 Å². The highest BCUT2D eigenvalue weighted by atomic mass is 32.1. The van der Waals surface area contributed by atoms with Crippen LogP contribution in [0.15, 0.2) is 0 Å². The van der Waals surface area contributed by atoms with Gasteiger partial charge in [-0.2, -0.15) is 12.6 Å². The molecule has 1 unspecified atom stereocenters. The molecule has 0 saturated heterocycles. The second kappa shape index (κ2) is 7.21. The Bertz CT molecular complexity index is 148. The Morgan fingerprint density at radius 1 is 1.46 bits per heavy atom. The lowest BCUT2D eigenvalue weighted by atomic mass is 10.3. The van der Waals surface area contributed by atoms with Crippen LogP contribution in [0.2, 0.25) is 0 Å². The normalized spacial score (nSPS) is 13.0. The van der Waals surface area contributed by atoms with Crippen molar-refractivity contribution in [3.8, 4) is 0 Å². The molecule has 0 radical (unpaired) electrons. The quantitative estimate of drug-likeness (QED) is 0.530. The molecule has 0 aromatic rings. The minimum absolute atomic E-state index is 0.0495. The predicted octanol–water partition coefficient (Wildman–Crippen LogP) is 1.66. The number of ether oxygens (including phenoxy) is 2. The van der Waals surface area contributed by atoms with Crippen molar-refractivity contribution in [2.45, 2.75) is 39.4 Å². The highest BCUT2D eigenvalue weighted by Gasteiger charge is 2.19. The van der Waals surface area contributed by atoms with Crippen molar-refractivity contribution in [3.05, 3.63) is 0 Å². The van der Waals surface area contributed by atoms with Gasteiger partial charge in [0.1, 0.15) is 6.61 Å². The van der Waals surface area contributed by atoms with Crippen LogP contribution >= 0.6 is 12.6 Å². The second-order valence-corrected chi connectivity index (χ2v) is 3.42. The third-order valence-electron chi connectivity index (χ3n) is 1.41. The Balaban J connectivity index is 3.85. The molecular weight excluding hydrogens is 188 g/mol. The molecule has 0 aromatic heterocycles. The van der Waals surface area contributed by atoms with E-state index in [1.807, 2.05) is 20.8 Å². The van der Waals surface area contributed by atoms with E-state index in [9.17, 15) is 4.79 Å². The summed E-state index contributed by atoms with van der Waals surface area (Å²) in [6.45, 7) is 6.04. The standard InChI is InChI=1S/C9H18O3S/c1-4-8(12-7(2)3)9(10)11-5-6-13/h7-8,13H,4-6H2,1-3H3. The Labute approximate surface area is 85.2 Å². The van der Waals surface area contributed by atoms with Crippen molar-refractivity contribution in [1.29, 1.82) is 0 Å². The number of carbonyl (C=O) groups is 1. The Hall–Kier alpha value is -0.220. The lowest BCUT2D eigenvalue weighted by Gasteiger charge is -2.17. The van der Waals surface area contributed by atoms with Crippen LogP contribution in [0.5, 0.6) is 0 Å². The van der Waals surface area contributed by atoms with Gasteiger partial charge in [-0.3, -0.25) is 0 Å². The first-order valence-electron chi connectivity index (χ1n) is 4.54. The maximum absolute atomic E-state index is 11.3. The molecule has 0 spiro atoms. The average Bonchev–Trinajstić information content (AvgIpc) is 2.09. The minimum Gasteiger partial charge on any atom is -0.463 e. The fraction of sp³-hybridized carbons (Fsp3) is 0.889. The summed E-state index contributed by atoms with van der Waals surface area (Å²) >= 11 is 3.94. The lowest BCUT2D eigenvalue weighted by molar-refractivity contribution is -0.159. The van der Waals surface area contributed by atoms with Crippen LogP contribution in [-0.4, -0.2) is 30.5 Å². The summed E-state index contributed by atoms with van der Waals surface area (Å²) in [6, 6.07) is 0. The Kier molecular flexibility index (Phi) is 7.09. The molecule has 1 atom stereocenters. The molecule has 0 saturated carbocycles. The van der Waals surface area contributed by atoms with E-state index in [2.05, 4.69) is 12.6 Å². The summed E-state index contributed by atoms with van der Waals surface area (Å²) in [5.41, 5.74) is 0. The smallest absolute Gasteiger partial charge is 0.335 e. The van der Waals surface area contributed by atoms with Crippen molar-refractivity contribution in [3.63, 3.8) is 0 Å². The first-order valence-corrected chi connectivity index (χ1v) is 5.18.